The molecule has 0 unspecified atom stereocenters. The second-order valence-electron chi connectivity index (χ2n) is 6.53. The van der Waals surface area contributed by atoms with Gasteiger partial charge in [0.25, 0.3) is 0 Å². The molecule has 19 heavy (non-hydrogen) atoms. The van der Waals surface area contributed by atoms with Crippen molar-refractivity contribution >= 4 is 17.2 Å². The van der Waals surface area contributed by atoms with Gasteiger partial charge < -0.3 is 0 Å². The van der Waals surface area contributed by atoms with Crippen LogP contribution in [0.4, 0.5) is 0 Å². The molecule has 1 aliphatic rings. The summed E-state index contributed by atoms with van der Waals surface area (Å²) in [6, 6.07) is 4.05. The molecule has 4 heteroatoms. The fourth-order valence-corrected chi connectivity index (χ4v) is 2.99. The molecule has 0 atom stereocenters. The summed E-state index contributed by atoms with van der Waals surface area (Å²) in [6.45, 7) is 6.46. The molecule has 0 aromatic carbocycles. The smallest absolute Gasteiger partial charge is 0.157 e. The number of rotatable bonds is 1. The van der Waals surface area contributed by atoms with Gasteiger partial charge >= 0.3 is 0 Å². The Morgan fingerprint density at radius 2 is 1.89 bits per heavy atom. The lowest BCUT2D eigenvalue weighted by atomic mass is 9.93. The molecule has 3 nitrogen and oxygen atoms in total. The second-order valence-corrected chi connectivity index (χ2v) is 6.92. The highest BCUT2D eigenvalue weighted by Gasteiger charge is 2.22. The van der Waals surface area contributed by atoms with Crippen molar-refractivity contribution in [3.63, 3.8) is 0 Å². The molecule has 2 heterocycles. The molecule has 0 bridgehead atoms. The zero-order chi connectivity index (χ0) is 13.6. The van der Waals surface area contributed by atoms with Gasteiger partial charge in [0, 0.05) is 23.1 Å². The van der Waals surface area contributed by atoms with Gasteiger partial charge in [-0.2, -0.15) is 5.10 Å². The highest BCUT2D eigenvalue weighted by molar-refractivity contribution is 6.29. The third kappa shape index (κ3) is 2.36. The molecule has 102 valence electrons. The molecule has 2 aromatic heterocycles. The lowest BCUT2D eigenvalue weighted by Crippen LogP contribution is -2.11. The molecule has 0 aliphatic heterocycles. The Kier molecular flexibility index (Phi) is 3.05. The van der Waals surface area contributed by atoms with Gasteiger partial charge in [-0.3, -0.25) is 0 Å². The molecule has 0 N–H and O–H groups in total. The summed E-state index contributed by atoms with van der Waals surface area (Å²) in [5, 5.41) is 5.24. The van der Waals surface area contributed by atoms with E-state index in [0.717, 1.165) is 17.0 Å². The summed E-state index contributed by atoms with van der Waals surface area (Å²) in [5.74, 6) is 0.579. The number of aromatic nitrogens is 3. The van der Waals surface area contributed by atoms with Crippen LogP contribution in [0.2, 0.25) is 5.15 Å². The lowest BCUT2D eigenvalue weighted by Gasteiger charge is -2.13. The zero-order valence-corrected chi connectivity index (χ0v) is 12.5. The Morgan fingerprint density at radius 3 is 2.53 bits per heavy atom. The normalized spacial score (nSPS) is 17.5. The first-order chi connectivity index (χ1) is 8.95. The summed E-state index contributed by atoms with van der Waals surface area (Å²) in [6.07, 6.45) is 5.09. The molecule has 0 saturated heterocycles. The van der Waals surface area contributed by atoms with Crippen LogP contribution in [0.3, 0.4) is 0 Å². The molecule has 0 radical (unpaired) electrons. The van der Waals surface area contributed by atoms with Crippen molar-refractivity contribution in [1.82, 2.24) is 14.6 Å². The van der Waals surface area contributed by atoms with Crippen LogP contribution in [-0.4, -0.2) is 14.6 Å². The van der Waals surface area contributed by atoms with Crippen molar-refractivity contribution in [3.8, 4) is 0 Å². The van der Waals surface area contributed by atoms with E-state index in [1.807, 2.05) is 6.07 Å². The predicted molar refractivity (Wildman–Crippen MR) is 77.9 cm³/mol. The largest absolute Gasteiger partial charge is 0.233 e. The summed E-state index contributed by atoms with van der Waals surface area (Å²) in [5.41, 5.74) is 3.06. The lowest BCUT2D eigenvalue weighted by molar-refractivity contribution is 0.562. The van der Waals surface area contributed by atoms with Crippen molar-refractivity contribution in [2.75, 3.05) is 0 Å². The molecular weight excluding hydrogens is 258 g/mol. The van der Waals surface area contributed by atoms with Crippen molar-refractivity contribution in [2.24, 2.45) is 0 Å². The van der Waals surface area contributed by atoms with Crippen molar-refractivity contribution in [3.05, 3.63) is 28.7 Å². The maximum atomic E-state index is 6.36. The third-order valence-electron chi connectivity index (χ3n) is 3.95. The van der Waals surface area contributed by atoms with Crippen LogP contribution < -0.4 is 0 Å². The minimum Gasteiger partial charge on any atom is -0.233 e. The van der Waals surface area contributed by atoms with Gasteiger partial charge in [0.05, 0.1) is 5.69 Å². The van der Waals surface area contributed by atoms with Gasteiger partial charge in [0.2, 0.25) is 0 Å². The van der Waals surface area contributed by atoms with Crippen LogP contribution in [0.25, 0.3) is 5.65 Å². The molecule has 0 amide bonds. The molecule has 3 rings (SSSR count). The highest BCUT2D eigenvalue weighted by atomic mass is 35.5. The number of fused-ring (bicyclic) bond motifs is 1. The topological polar surface area (TPSA) is 30.2 Å². The van der Waals surface area contributed by atoms with Crippen LogP contribution in [-0.2, 0) is 5.41 Å². The van der Waals surface area contributed by atoms with Crippen LogP contribution in [0.15, 0.2) is 12.1 Å². The standard InChI is InChI=1S/C15H20ClN3/c1-15(2,3)12-9-14-17-11(10-6-4-5-7-10)8-13(16)19(14)18-12/h8-10H,4-7H2,1-3H3. The molecule has 1 aliphatic carbocycles. The molecular formula is C15H20ClN3. The van der Waals surface area contributed by atoms with Crippen LogP contribution >= 0.6 is 11.6 Å². The Labute approximate surface area is 119 Å². The Hall–Kier alpha value is -1.09. The Balaban J connectivity index is 2.09. The monoisotopic (exact) mass is 277 g/mol. The van der Waals surface area contributed by atoms with Crippen molar-refractivity contribution in [1.29, 1.82) is 0 Å². The zero-order valence-electron chi connectivity index (χ0n) is 11.8. The summed E-state index contributed by atoms with van der Waals surface area (Å²) < 4.78 is 1.75. The number of hydrogen-bond acceptors (Lipinski definition) is 2. The van der Waals surface area contributed by atoms with E-state index in [1.165, 1.54) is 25.7 Å². The number of hydrogen-bond donors (Lipinski definition) is 0. The van der Waals surface area contributed by atoms with E-state index >= 15 is 0 Å². The van der Waals surface area contributed by atoms with Crippen molar-refractivity contribution in [2.45, 2.75) is 57.8 Å². The maximum absolute atomic E-state index is 6.36. The first-order valence-corrected chi connectivity index (χ1v) is 7.39. The van der Waals surface area contributed by atoms with Gasteiger partial charge in [-0.05, 0) is 18.9 Å². The summed E-state index contributed by atoms with van der Waals surface area (Å²) >= 11 is 6.36. The van der Waals surface area contributed by atoms with Gasteiger partial charge in [-0.15, -0.1) is 0 Å². The van der Waals surface area contributed by atoms with E-state index < -0.39 is 0 Å². The van der Waals surface area contributed by atoms with E-state index in [4.69, 9.17) is 16.6 Å². The first-order valence-electron chi connectivity index (χ1n) is 7.02. The van der Waals surface area contributed by atoms with E-state index in [0.29, 0.717) is 11.1 Å². The maximum Gasteiger partial charge on any atom is 0.157 e. The number of halogens is 1. The Bertz CT molecular complexity index is 604. The minimum absolute atomic E-state index is 0.0184. The quantitative estimate of drug-likeness (QED) is 0.726. The third-order valence-corrected chi connectivity index (χ3v) is 4.21. The second kappa shape index (κ2) is 4.48. The van der Waals surface area contributed by atoms with E-state index in [9.17, 15) is 0 Å². The SMILES string of the molecule is CC(C)(C)c1cc2nc(C3CCCC3)cc(Cl)n2n1. The van der Waals surface area contributed by atoms with Crippen LogP contribution in [0, 0.1) is 0 Å². The predicted octanol–water partition coefficient (Wildman–Crippen LogP) is 4.34. The highest BCUT2D eigenvalue weighted by Crippen LogP contribution is 2.34. The fourth-order valence-electron chi connectivity index (χ4n) is 2.75. The van der Waals surface area contributed by atoms with Gasteiger partial charge in [0.1, 0.15) is 5.15 Å². The summed E-state index contributed by atoms with van der Waals surface area (Å²) in [7, 11) is 0. The average molecular weight is 278 g/mol. The van der Waals surface area contributed by atoms with Gasteiger partial charge in [-0.25, -0.2) is 9.50 Å². The molecule has 1 fully saturated rings. The first kappa shape index (κ1) is 12.9. The Morgan fingerprint density at radius 1 is 1.21 bits per heavy atom. The van der Waals surface area contributed by atoms with E-state index in [-0.39, 0.29) is 5.41 Å². The molecule has 2 aromatic rings. The van der Waals surface area contributed by atoms with Crippen molar-refractivity contribution < 1.29 is 0 Å². The summed E-state index contributed by atoms with van der Waals surface area (Å²) in [4.78, 5) is 4.77. The average Bonchev–Trinajstić information content (AvgIpc) is 2.96. The van der Waals surface area contributed by atoms with Crippen LogP contribution in [0.1, 0.15) is 63.8 Å². The van der Waals surface area contributed by atoms with Gasteiger partial charge in [-0.1, -0.05) is 45.2 Å². The van der Waals surface area contributed by atoms with Gasteiger partial charge in [0.15, 0.2) is 5.65 Å². The molecule has 0 spiro atoms. The minimum atomic E-state index is 0.0184. The molecule has 1 saturated carbocycles. The van der Waals surface area contributed by atoms with Crippen LogP contribution in [0.5, 0.6) is 0 Å². The van der Waals surface area contributed by atoms with E-state index in [2.05, 4.69) is 31.9 Å². The van der Waals surface area contributed by atoms with E-state index in [1.54, 1.807) is 4.52 Å². The fraction of sp³-hybridized carbons (Fsp3) is 0.600. The number of nitrogens with zero attached hydrogens (tertiary/aromatic N) is 3.